The number of nitrogens with one attached hydrogen (secondary N) is 2. The Kier molecular flexibility index (Phi) is 7.38. The monoisotopic (exact) mass is 533 g/mol. The van der Waals surface area contributed by atoms with Crippen molar-refractivity contribution in [2.45, 2.75) is 12.4 Å². The van der Waals surface area contributed by atoms with Gasteiger partial charge in [0.25, 0.3) is 0 Å². The van der Waals surface area contributed by atoms with Crippen molar-refractivity contribution in [1.82, 2.24) is 0 Å². The first-order valence-electron chi connectivity index (χ1n) is 9.28. The number of hydrogen-bond donors (Lipinski definition) is 2. The molecule has 0 saturated carbocycles. The molecule has 0 aliphatic heterocycles. The Morgan fingerprint density at radius 2 is 1.40 bits per heavy atom. The molecule has 3 rings (SSSR count). The zero-order chi connectivity index (χ0) is 26.0. The molecule has 182 valence electrons. The van der Waals surface area contributed by atoms with E-state index in [4.69, 9.17) is 34.5 Å². The average molecular weight is 534 g/mol. The Hall–Kier alpha value is -3.62. The molecule has 3 aromatic carbocycles. The average Bonchev–Trinajstić information content (AvgIpc) is 2.75. The number of ether oxygens (including phenoxy) is 1. The third-order valence-electron chi connectivity index (χ3n) is 4.30. The van der Waals surface area contributed by atoms with Gasteiger partial charge in [-0.3, -0.25) is 0 Å². The molecule has 0 saturated heterocycles. The zero-order valence-electron chi connectivity index (χ0n) is 17.0. The fraction of sp³-hybridized carbons (Fsp3) is 0.0909. The van der Waals surface area contributed by atoms with Gasteiger partial charge in [0.1, 0.15) is 11.5 Å². The van der Waals surface area contributed by atoms with Crippen molar-refractivity contribution in [3.63, 3.8) is 0 Å². The van der Waals surface area contributed by atoms with Gasteiger partial charge in [-0.1, -0.05) is 29.3 Å². The van der Waals surface area contributed by atoms with Crippen LogP contribution in [0.3, 0.4) is 0 Å². The van der Waals surface area contributed by atoms with Gasteiger partial charge in [-0.2, -0.15) is 26.3 Å². The van der Waals surface area contributed by atoms with Crippen molar-refractivity contribution in [3.05, 3.63) is 87.2 Å². The number of amides is 2. The van der Waals surface area contributed by atoms with E-state index in [2.05, 4.69) is 10.2 Å². The fourth-order valence-corrected chi connectivity index (χ4v) is 3.12. The van der Waals surface area contributed by atoms with Crippen molar-refractivity contribution in [1.29, 1.82) is 0 Å². The van der Waals surface area contributed by atoms with Crippen LogP contribution in [0.2, 0.25) is 10.0 Å². The second-order valence-corrected chi connectivity index (χ2v) is 7.66. The smallest absolute Gasteiger partial charge is 0.416 e. The number of anilines is 2. The number of carbonyl (C=O) groups is 1. The zero-order valence-corrected chi connectivity index (χ0v) is 18.5. The fourth-order valence-electron chi connectivity index (χ4n) is 2.75. The summed E-state index contributed by atoms with van der Waals surface area (Å²) in [6.07, 6.45) is -10.1. The van der Waals surface area contributed by atoms with E-state index in [0.29, 0.717) is 12.1 Å². The highest BCUT2D eigenvalue weighted by atomic mass is 35.5. The molecular weight excluding hydrogens is 523 g/mol. The lowest BCUT2D eigenvalue weighted by molar-refractivity contribution is -0.143. The van der Waals surface area contributed by atoms with Gasteiger partial charge in [0, 0.05) is 17.4 Å². The number of urea groups is 1. The molecule has 3 aromatic rings. The molecule has 0 unspecified atom stereocenters. The van der Waals surface area contributed by atoms with Crippen LogP contribution >= 0.6 is 23.2 Å². The SMILES string of the molecule is [C-]#[N+]c1ccc(Oc2cc(NC(=O)Nc3cc(C(F)(F)F)cc(C(F)(F)F)c3)ccc2Cl)cc1Cl. The molecule has 35 heavy (non-hydrogen) atoms. The van der Waals surface area contributed by atoms with E-state index in [1.54, 1.807) is 0 Å². The van der Waals surface area contributed by atoms with Crippen LogP contribution in [0, 0.1) is 6.57 Å². The van der Waals surface area contributed by atoms with Crippen LogP contribution in [0.15, 0.2) is 54.6 Å². The Morgan fingerprint density at radius 1 is 0.800 bits per heavy atom. The minimum atomic E-state index is -5.06. The summed E-state index contributed by atoms with van der Waals surface area (Å²) >= 11 is 12.0. The summed E-state index contributed by atoms with van der Waals surface area (Å²) in [6.45, 7) is 6.99. The van der Waals surface area contributed by atoms with Crippen molar-refractivity contribution in [2.24, 2.45) is 0 Å². The summed E-state index contributed by atoms with van der Waals surface area (Å²) < 4.78 is 83.6. The number of nitrogens with zero attached hydrogens (tertiary/aromatic N) is 1. The van der Waals surface area contributed by atoms with Crippen LogP contribution in [0.25, 0.3) is 4.85 Å². The van der Waals surface area contributed by atoms with Crippen LogP contribution in [-0.2, 0) is 12.4 Å². The Bertz CT molecular complexity index is 1290. The highest BCUT2D eigenvalue weighted by molar-refractivity contribution is 6.33. The van der Waals surface area contributed by atoms with E-state index in [9.17, 15) is 31.1 Å². The summed E-state index contributed by atoms with van der Waals surface area (Å²) in [6, 6.07) is 7.76. The van der Waals surface area contributed by atoms with Crippen molar-refractivity contribution < 1.29 is 35.9 Å². The van der Waals surface area contributed by atoms with Gasteiger partial charge in [-0.05, 0) is 42.5 Å². The third kappa shape index (κ3) is 6.71. The topological polar surface area (TPSA) is 54.7 Å². The first-order valence-corrected chi connectivity index (χ1v) is 10.0. The molecule has 0 aliphatic carbocycles. The van der Waals surface area contributed by atoms with Gasteiger partial charge in [0.2, 0.25) is 5.69 Å². The minimum absolute atomic E-state index is 0.0505. The Morgan fingerprint density at radius 3 is 1.94 bits per heavy atom. The van der Waals surface area contributed by atoms with E-state index in [-0.39, 0.29) is 39.0 Å². The molecule has 0 aliphatic rings. The third-order valence-corrected chi connectivity index (χ3v) is 4.92. The largest absolute Gasteiger partial charge is 0.456 e. The summed E-state index contributed by atoms with van der Waals surface area (Å²) in [7, 11) is 0. The maximum atomic E-state index is 13.0. The van der Waals surface area contributed by atoms with Crippen molar-refractivity contribution >= 4 is 46.3 Å². The maximum Gasteiger partial charge on any atom is 0.416 e. The van der Waals surface area contributed by atoms with Gasteiger partial charge in [0.05, 0.1) is 27.7 Å². The number of halogens is 8. The second-order valence-electron chi connectivity index (χ2n) is 6.85. The molecule has 2 N–H and O–H groups in total. The predicted octanol–water partition coefficient (Wildman–Crippen LogP) is 9.02. The van der Waals surface area contributed by atoms with Crippen molar-refractivity contribution in [2.75, 3.05) is 10.6 Å². The molecule has 0 atom stereocenters. The summed E-state index contributed by atoms with van der Waals surface area (Å²) in [4.78, 5) is 15.5. The van der Waals surface area contributed by atoms with E-state index in [1.807, 2.05) is 5.32 Å². The highest BCUT2D eigenvalue weighted by Gasteiger charge is 2.37. The van der Waals surface area contributed by atoms with Gasteiger partial charge >= 0.3 is 18.4 Å². The van der Waals surface area contributed by atoms with Crippen molar-refractivity contribution in [3.8, 4) is 11.5 Å². The summed E-state index contributed by atoms with van der Waals surface area (Å²) in [5, 5.41) is 4.47. The molecule has 0 aromatic heterocycles. The lowest BCUT2D eigenvalue weighted by Gasteiger charge is -2.15. The Labute approximate surface area is 204 Å². The van der Waals surface area contributed by atoms with Gasteiger partial charge in [-0.25, -0.2) is 9.64 Å². The molecule has 0 heterocycles. The van der Waals surface area contributed by atoms with Gasteiger partial charge in [-0.15, -0.1) is 0 Å². The quantitative estimate of drug-likeness (QED) is 0.259. The predicted molar refractivity (Wildman–Crippen MR) is 118 cm³/mol. The van der Waals surface area contributed by atoms with E-state index in [0.717, 1.165) is 0 Å². The van der Waals surface area contributed by atoms with Crippen LogP contribution in [0.5, 0.6) is 11.5 Å². The molecule has 0 spiro atoms. The normalized spacial score (nSPS) is 11.5. The van der Waals surface area contributed by atoms with E-state index >= 15 is 0 Å². The van der Waals surface area contributed by atoms with E-state index in [1.165, 1.54) is 36.4 Å². The second kappa shape index (κ2) is 9.93. The molecule has 5 nitrogen and oxygen atoms in total. The van der Waals surface area contributed by atoms with Crippen LogP contribution < -0.4 is 15.4 Å². The first-order chi connectivity index (χ1) is 16.3. The Balaban J connectivity index is 1.80. The number of carbonyl (C=O) groups excluding carboxylic acids is 1. The van der Waals surface area contributed by atoms with Crippen LogP contribution in [-0.4, -0.2) is 6.03 Å². The number of hydrogen-bond acceptors (Lipinski definition) is 2. The van der Waals surface area contributed by atoms with E-state index < -0.39 is 35.2 Å². The van der Waals surface area contributed by atoms with Gasteiger partial charge < -0.3 is 15.4 Å². The molecule has 0 fully saturated rings. The summed E-state index contributed by atoms with van der Waals surface area (Å²) in [5.74, 6) is 0.268. The molecular formula is C22H11Cl2F6N3O2. The standard InChI is InChI=1S/C22H11Cl2F6N3O2/c1-31-18-5-3-15(10-17(18)24)35-19-9-13(2-4-16(19)23)32-20(34)33-14-7-11(21(25,26)27)6-12(8-14)22(28,29)30/h2-10H,(H2,32,33,34). The summed E-state index contributed by atoms with van der Waals surface area (Å²) in [5.41, 5.74) is -3.61. The number of rotatable bonds is 4. The number of alkyl halides is 6. The molecule has 0 radical (unpaired) electrons. The first kappa shape index (κ1) is 26.0. The molecule has 2 amide bonds. The maximum absolute atomic E-state index is 13.0. The lowest BCUT2D eigenvalue weighted by Crippen LogP contribution is -2.20. The minimum Gasteiger partial charge on any atom is -0.456 e. The van der Waals surface area contributed by atoms with Crippen LogP contribution in [0.4, 0.5) is 48.2 Å². The lowest BCUT2D eigenvalue weighted by atomic mass is 10.1. The molecule has 0 bridgehead atoms. The molecule has 13 heteroatoms. The van der Waals surface area contributed by atoms with Gasteiger partial charge in [0.15, 0.2) is 0 Å². The van der Waals surface area contributed by atoms with Crippen LogP contribution in [0.1, 0.15) is 11.1 Å². The number of benzene rings is 3. The highest BCUT2D eigenvalue weighted by Crippen LogP contribution is 2.38.